The van der Waals surface area contributed by atoms with Crippen LogP contribution in [-0.4, -0.2) is 42.2 Å². The van der Waals surface area contributed by atoms with E-state index in [2.05, 4.69) is 6.58 Å². The Hall–Kier alpha value is 0.360. The largest absolute Gasteiger partial charge is 0.396 e. The molecule has 0 aromatic rings. The van der Waals surface area contributed by atoms with Crippen molar-refractivity contribution in [2.45, 2.75) is 0 Å². The fourth-order valence-corrected chi connectivity index (χ4v) is 1.53. The van der Waals surface area contributed by atoms with Crippen LogP contribution >= 0.6 is 23.5 Å². The molecule has 0 amide bonds. The van der Waals surface area contributed by atoms with Gasteiger partial charge in [0.05, 0.1) is 19.8 Å². The topological polar surface area (TPSA) is 29.5 Å². The smallest absolute Gasteiger partial charge is 0.0560 e. The van der Waals surface area contributed by atoms with E-state index in [1.165, 1.54) is 0 Å². The molecule has 0 aliphatic carbocycles. The molecule has 0 saturated carbocycles. The lowest BCUT2D eigenvalue weighted by Gasteiger charge is -2.01. The third-order valence-electron chi connectivity index (χ3n) is 1.07. The minimum absolute atomic E-state index is 0.261. The zero-order chi connectivity index (χ0) is 9.07. The lowest BCUT2D eigenvalue weighted by molar-refractivity contribution is 0.167. The Morgan fingerprint density at radius 3 is 2.67 bits per heavy atom. The first-order chi connectivity index (χ1) is 5.91. The summed E-state index contributed by atoms with van der Waals surface area (Å²) in [5.74, 6) is 2.76. The molecule has 0 aromatic heterocycles. The highest BCUT2D eigenvalue weighted by Gasteiger charge is 1.89. The van der Waals surface area contributed by atoms with Crippen LogP contribution in [0.4, 0.5) is 0 Å². The number of ether oxygens (including phenoxy) is 1. The van der Waals surface area contributed by atoms with E-state index in [1.54, 1.807) is 23.5 Å². The predicted octanol–water partition coefficient (Wildman–Crippen LogP) is 1.61. The standard InChI is InChI=1S/C8H16O2S2/c1-2-11-7-4-10-5-8-12-6-3-9/h2,9H,1,3-8H2. The van der Waals surface area contributed by atoms with Crippen molar-refractivity contribution in [3.63, 3.8) is 0 Å². The van der Waals surface area contributed by atoms with Crippen LogP contribution in [0, 0.1) is 0 Å². The minimum Gasteiger partial charge on any atom is -0.396 e. The third kappa shape index (κ3) is 10.4. The molecule has 0 atom stereocenters. The summed E-state index contributed by atoms with van der Waals surface area (Å²) >= 11 is 3.38. The molecule has 0 aliphatic heterocycles. The second-order valence-electron chi connectivity index (χ2n) is 1.99. The van der Waals surface area contributed by atoms with Gasteiger partial charge in [0, 0.05) is 17.3 Å². The van der Waals surface area contributed by atoms with Crippen molar-refractivity contribution in [3.05, 3.63) is 12.0 Å². The van der Waals surface area contributed by atoms with Crippen LogP contribution in [0.3, 0.4) is 0 Å². The summed E-state index contributed by atoms with van der Waals surface area (Å²) in [4.78, 5) is 0. The Labute approximate surface area is 82.8 Å². The van der Waals surface area contributed by atoms with Gasteiger partial charge in [-0.2, -0.15) is 11.8 Å². The van der Waals surface area contributed by atoms with Crippen molar-refractivity contribution in [2.24, 2.45) is 0 Å². The molecule has 0 fully saturated rings. The maximum absolute atomic E-state index is 8.46. The Morgan fingerprint density at radius 2 is 2.00 bits per heavy atom. The fraction of sp³-hybridized carbons (Fsp3) is 0.750. The van der Waals surface area contributed by atoms with Crippen molar-refractivity contribution in [1.29, 1.82) is 0 Å². The van der Waals surface area contributed by atoms with Gasteiger partial charge in [-0.15, -0.1) is 11.8 Å². The molecule has 0 aromatic carbocycles. The first-order valence-electron chi connectivity index (χ1n) is 3.90. The molecule has 1 N–H and O–H groups in total. The van der Waals surface area contributed by atoms with Gasteiger partial charge in [-0.1, -0.05) is 6.58 Å². The quantitative estimate of drug-likeness (QED) is 0.583. The van der Waals surface area contributed by atoms with E-state index in [1.807, 2.05) is 5.41 Å². The van der Waals surface area contributed by atoms with Gasteiger partial charge in [0.2, 0.25) is 0 Å². The van der Waals surface area contributed by atoms with Crippen molar-refractivity contribution in [3.8, 4) is 0 Å². The van der Waals surface area contributed by atoms with Gasteiger partial charge in [0.25, 0.3) is 0 Å². The van der Waals surface area contributed by atoms with Crippen LogP contribution in [0.15, 0.2) is 12.0 Å². The van der Waals surface area contributed by atoms with Crippen LogP contribution in [0.25, 0.3) is 0 Å². The number of thioether (sulfide) groups is 2. The molecule has 72 valence electrons. The van der Waals surface area contributed by atoms with E-state index >= 15 is 0 Å². The molecular weight excluding hydrogens is 192 g/mol. The minimum atomic E-state index is 0.261. The number of hydrogen-bond acceptors (Lipinski definition) is 4. The lowest BCUT2D eigenvalue weighted by atomic mass is 10.8. The van der Waals surface area contributed by atoms with Gasteiger partial charge in [-0.05, 0) is 5.41 Å². The molecular formula is C8H16O2S2. The van der Waals surface area contributed by atoms with Gasteiger partial charge >= 0.3 is 0 Å². The number of aliphatic hydroxyl groups is 1. The molecule has 12 heavy (non-hydrogen) atoms. The monoisotopic (exact) mass is 208 g/mol. The predicted molar refractivity (Wildman–Crippen MR) is 57.9 cm³/mol. The highest BCUT2D eigenvalue weighted by atomic mass is 32.2. The van der Waals surface area contributed by atoms with Crippen molar-refractivity contribution in [2.75, 3.05) is 37.1 Å². The van der Waals surface area contributed by atoms with Crippen LogP contribution in [0.5, 0.6) is 0 Å². The highest BCUT2D eigenvalue weighted by molar-refractivity contribution is 8.02. The number of aliphatic hydroxyl groups excluding tert-OH is 1. The summed E-state index contributed by atoms with van der Waals surface area (Å²) in [6.07, 6.45) is 0. The summed E-state index contributed by atoms with van der Waals surface area (Å²) in [7, 11) is 0. The zero-order valence-electron chi connectivity index (χ0n) is 7.20. The fourth-order valence-electron chi connectivity index (χ4n) is 0.577. The molecule has 4 heteroatoms. The van der Waals surface area contributed by atoms with Crippen molar-refractivity contribution in [1.82, 2.24) is 0 Å². The van der Waals surface area contributed by atoms with Crippen LogP contribution in [-0.2, 0) is 4.74 Å². The summed E-state index contributed by atoms with van der Waals surface area (Å²) in [6.45, 7) is 5.42. The van der Waals surface area contributed by atoms with Gasteiger partial charge < -0.3 is 9.84 Å². The van der Waals surface area contributed by atoms with Gasteiger partial charge in [0.15, 0.2) is 0 Å². The van der Waals surface area contributed by atoms with Gasteiger partial charge in [-0.25, -0.2) is 0 Å². The van der Waals surface area contributed by atoms with Crippen LogP contribution in [0.1, 0.15) is 0 Å². The molecule has 2 nitrogen and oxygen atoms in total. The summed E-state index contributed by atoms with van der Waals surface area (Å²) in [5.41, 5.74) is 0. The molecule has 0 heterocycles. The van der Waals surface area contributed by atoms with E-state index in [0.717, 1.165) is 30.5 Å². The normalized spacial score (nSPS) is 10.1. The van der Waals surface area contributed by atoms with E-state index in [0.29, 0.717) is 0 Å². The average molecular weight is 208 g/mol. The molecule has 0 unspecified atom stereocenters. The Morgan fingerprint density at radius 1 is 1.25 bits per heavy atom. The first-order valence-corrected chi connectivity index (χ1v) is 6.11. The molecule has 0 radical (unpaired) electrons. The molecule has 0 rings (SSSR count). The van der Waals surface area contributed by atoms with E-state index in [9.17, 15) is 0 Å². The molecule has 0 aliphatic rings. The van der Waals surface area contributed by atoms with Crippen molar-refractivity contribution >= 4 is 23.5 Å². The summed E-state index contributed by atoms with van der Waals surface area (Å²) < 4.78 is 5.31. The van der Waals surface area contributed by atoms with Crippen LogP contribution < -0.4 is 0 Å². The maximum Gasteiger partial charge on any atom is 0.0560 e. The van der Waals surface area contributed by atoms with Crippen molar-refractivity contribution < 1.29 is 9.84 Å². The third-order valence-corrected chi connectivity index (χ3v) is 2.64. The number of hydrogen-bond donors (Lipinski definition) is 1. The summed E-state index contributed by atoms with van der Waals surface area (Å²) in [5, 5.41) is 10.3. The summed E-state index contributed by atoms with van der Waals surface area (Å²) in [6, 6.07) is 0. The van der Waals surface area contributed by atoms with Gasteiger partial charge in [-0.3, -0.25) is 0 Å². The molecule has 0 spiro atoms. The Balaban J connectivity index is 2.77. The van der Waals surface area contributed by atoms with E-state index < -0.39 is 0 Å². The molecule has 0 saturated heterocycles. The SMILES string of the molecule is C=CSCCOCCSCCO. The van der Waals surface area contributed by atoms with E-state index in [-0.39, 0.29) is 6.61 Å². The first kappa shape index (κ1) is 12.4. The van der Waals surface area contributed by atoms with E-state index in [4.69, 9.17) is 9.84 Å². The van der Waals surface area contributed by atoms with Gasteiger partial charge in [0.1, 0.15) is 0 Å². The van der Waals surface area contributed by atoms with Crippen LogP contribution in [0.2, 0.25) is 0 Å². The highest BCUT2D eigenvalue weighted by Crippen LogP contribution is 2.00. The zero-order valence-corrected chi connectivity index (χ0v) is 8.83. The maximum atomic E-state index is 8.46. The lowest BCUT2D eigenvalue weighted by Crippen LogP contribution is -2.01. The Bertz CT molecular complexity index is 99.1. The average Bonchev–Trinajstić information content (AvgIpc) is 2.10. The second-order valence-corrected chi connectivity index (χ2v) is 4.29. The Kier molecular flexibility index (Phi) is 11.7. The molecule has 0 bridgehead atoms. The second kappa shape index (κ2) is 11.4. The number of rotatable bonds is 9.